The number of amides is 2. The number of hydrogen-bond donors (Lipinski definition) is 0. The summed E-state index contributed by atoms with van der Waals surface area (Å²) in [5, 5.41) is 0. The van der Waals surface area contributed by atoms with Crippen LogP contribution in [0.2, 0.25) is 0 Å². The van der Waals surface area contributed by atoms with Crippen LogP contribution in [0.25, 0.3) is 0 Å². The zero-order valence-corrected chi connectivity index (χ0v) is 18.7. The molecule has 3 aromatic carbocycles. The number of rotatable bonds is 3. The Labute approximate surface area is 193 Å². The van der Waals surface area contributed by atoms with Gasteiger partial charge < -0.3 is 9.80 Å². The molecule has 0 aromatic heterocycles. The average Bonchev–Trinajstić information content (AvgIpc) is 3.29. The van der Waals surface area contributed by atoms with Crippen LogP contribution in [0.3, 0.4) is 0 Å². The maximum absolute atomic E-state index is 13.7. The van der Waals surface area contributed by atoms with E-state index in [1.54, 1.807) is 4.90 Å². The molecule has 2 amide bonds. The Morgan fingerprint density at radius 1 is 0.848 bits per heavy atom. The molecule has 1 saturated heterocycles. The van der Waals surface area contributed by atoms with Crippen LogP contribution in [-0.4, -0.2) is 41.2 Å². The number of carbonyl (C=O) groups excluding carboxylic acids is 2. The van der Waals surface area contributed by atoms with Gasteiger partial charge in [0.2, 0.25) is 5.91 Å². The highest BCUT2D eigenvalue weighted by Crippen LogP contribution is 2.36. The molecular weight excluding hydrogens is 415 g/mol. The Morgan fingerprint density at radius 3 is 2.27 bits per heavy atom. The number of carbonyl (C=O) groups is 2. The topological polar surface area (TPSA) is 40.6 Å². The first kappa shape index (κ1) is 21.4. The molecule has 1 fully saturated rings. The van der Waals surface area contributed by atoms with Crippen molar-refractivity contribution >= 4 is 11.8 Å². The third kappa shape index (κ3) is 4.28. The highest BCUT2D eigenvalue weighted by Gasteiger charge is 2.42. The van der Waals surface area contributed by atoms with E-state index in [4.69, 9.17) is 0 Å². The van der Waals surface area contributed by atoms with E-state index < -0.39 is 0 Å². The standard InChI is InChI=1S/C28H27FN2O2/c1-19-6-8-21(9-7-19)25-17-31(27(32)22-10-12-24(29)13-11-22)18-26(25)28(33)30-15-14-20-4-2-3-5-23(20)16-30/h2-13,25-26H,14-18H2,1H3. The third-order valence-corrected chi connectivity index (χ3v) is 6.96. The van der Waals surface area contributed by atoms with Gasteiger partial charge in [-0.1, -0.05) is 54.1 Å². The van der Waals surface area contributed by atoms with Gasteiger partial charge in [0.05, 0.1) is 5.92 Å². The monoisotopic (exact) mass is 442 g/mol. The fraction of sp³-hybridized carbons (Fsp3) is 0.286. The number of halogens is 1. The smallest absolute Gasteiger partial charge is 0.253 e. The second-order valence-electron chi connectivity index (χ2n) is 9.12. The quantitative estimate of drug-likeness (QED) is 0.596. The van der Waals surface area contributed by atoms with E-state index in [0.29, 0.717) is 31.7 Å². The van der Waals surface area contributed by atoms with Gasteiger partial charge in [0.15, 0.2) is 0 Å². The molecule has 2 unspecified atom stereocenters. The lowest BCUT2D eigenvalue weighted by molar-refractivity contribution is -0.136. The van der Waals surface area contributed by atoms with Gasteiger partial charge in [-0.15, -0.1) is 0 Å². The van der Waals surface area contributed by atoms with Gasteiger partial charge in [0, 0.05) is 37.7 Å². The molecule has 0 aliphatic carbocycles. The van der Waals surface area contributed by atoms with E-state index >= 15 is 0 Å². The van der Waals surface area contributed by atoms with Crippen LogP contribution in [0.15, 0.2) is 72.8 Å². The summed E-state index contributed by atoms with van der Waals surface area (Å²) in [6.45, 7) is 4.18. The molecule has 0 saturated carbocycles. The number of aryl methyl sites for hydroxylation is 1. The summed E-state index contributed by atoms with van der Waals surface area (Å²) in [6, 6.07) is 22.1. The molecule has 0 N–H and O–H groups in total. The van der Waals surface area contributed by atoms with E-state index in [1.165, 1.54) is 35.4 Å². The minimum atomic E-state index is -0.371. The maximum atomic E-state index is 13.7. The van der Waals surface area contributed by atoms with Crippen LogP contribution < -0.4 is 0 Å². The van der Waals surface area contributed by atoms with Crippen molar-refractivity contribution in [2.45, 2.75) is 25.8 Å². The van der Waals surface area contributed by atoms with Crippen LogP contribution in [0.4, 0.5) is 4.39 Å². The van der Waals surface area contributed by atoms with Gasteiger partial charge in [-0.05, 0) is 54.3 Å². The first-order valence-corrected chi connectivity index (χ1v) is 11.5. The summed E-state index contributed by atoms with van der Waals surface area (Å²) < 4.78 is 13.3. The summed E-state index contributed by atoms with van der Waals surface area (Å²) in [6.07, 6.45) is 0.849. The average molecular weight is 443 g/mol. The van der Waals surface area contributed by atoms with Crippen molar-refractivity contribution in [3.05, 3.63) is 106 Å². The van der Waals surface area contributed by atoms with Crippen molar-refractivity contribution in [1.29, 1.82) is 0 Å². The molecule has 5 heteroatoms. The number of fused-ring (bicyclic) bond motifs is 1. The second kappa shape index (κ2) is 8.81. The van der Waals surface area contributed by atoms with Crippen molar-refractivity contribution < 1.29 is 14.0 Å². The Balaban J connectivity index is 1.41. The van der Waals surface area contributed by atoms with Gasteiger partial charge in [-0.25, -0.2) is 4.39 Å². The number of nitrogens with zero attached hydrogens (tertiary/aromatic N) is 2. The van der Waals surface area contributed by atoms with E-state index in [9.17, 15) is 14.0 Å². The highest BCUT2D eigenvalue weighted by atomic mass is 19.1. The zero-order chi connectivity index (χ0) is 22.9. The van der Waals surface area contributed by atoms with E-state index in [-0.39, 0.29) is 29.5 Å². The first-order valence-electron chi connectivity index (χ1n) is 11.5. The van der Waals surface area contributed by atoms with Gasteiger partial charge in [0.1, 0.15) is 5.82 Å². The third-order valence-electron chi connectivity index (χ3n) is 6.96. The van der Waals surface area contributed by atoms with Crippen LogP contribution in [0.5, 0.6) is 0 Å². The largest absolute Gasteiger partial charge is 0.338 e. The molecule has 5 rings (SSSR count). The molecule has 168 valence electrons. The molecule has 0 bridgehead atoms. The summed E-state index contributed by atoms with van der Waals surface area (Å²) in [4.78, 5) is 30.6. The zero-order valence-electron chi connectivity index (χ0n) is 18.7. The Morgan fingerprint density at radius 2 is 1.55 bits per heavy atom. The predicted molar refractivity (Wildman–Crippen MR) is 125 cm³/mol. The van der Waals surface area contributed by atoms with Crippen LogP contribution in [0.1, 0.15) is 38.5 Å². The van der Waals surface area contributed by atoms with Gasteiger partial charge in [-0.3, -0.25) is 9.59 Å². The maximum Gasteiger partial charge on any atom is 0.253 e. The van der Waals surface area contributed by atoms with Gasteiger partial charge in [-0.2, -0.15) is 0 Å². The predicted octanol–water partition coefficient (Wildman–Crippen LogP) is 4.57. The van der Waals surface area contributed by atoms with Crippen molar-refractivity contribution in [3.8, 4) is 0 Å². The SMILES string of the molecule is Cc1ccc(C2CN(C(=O)c3ccc(F)cc3)CC2C(=O)N2CCc3ccccc3C2)cc1. The molecule has 3 aromatic rings. The fourth-order valence-electron chi connectivity index (χ4n) is 5.06. The molecule has 0 spiro atoms. The highest BCUT2D eigenvalue weighted by molar-refractivity contribution is 5.95. The minimum Gasteiger partial charge on any atom is -0.338 e. The molecule has 33 heavy (non-hydrogen) atoms. The van der Waals surface area contributed by atoms with Gasteiger partial charge in [0.25, 0.3) is 5.91 Å². The molecule has 2 aliphatic heterocycles. The van der Waals surface area contributed by atoms with E-state index in [1.807, 2.05) is 24.0 Å². The van der Waals surface area contributed by atoms with Crippen molar-refractivity contribution in [1.82, 2.24) is 9.80 Å². The number of hydrogen-bond acceptors (Lipinski definition) is 2. The van der Waals surface area contributed by atoms with E-state index in [2.05, 4.69) is 36.4 Å². The summed E-state index contributed by atoms with van der Waals surface area (Å²) in [7, 11) is 0. The Bertz CT molecular complexity index is 1170. The van der Waals surface area contributed by atoms with Crippen molar-refractivity contribution in [2.24, 2.45) is 5.92 Å². The summed E-state index contributed by atoms with van der Waals surface area (Å²) >= 11 is 0. The Kier molecular flexibility index (Phi) is 5.71. The van der Waals surface area contributed by atoms with Crippen molar-refractivity contribution in [2.75, 3.05) is 19.6 Å². The van der Waals surface area contributed by atoms with E-state index in [0.717, 1.165) is 17.5 Å². The fourth-order valence-corrected chi connectivity index (χ4v) is 5.06. The minimum absolute atomic E-state index is 0.0698. The Hall–Kier alpha value is -3.47. The molecule has 4 nitrogen and oxygen atoms in total. The summed E-state index contributed by atoms with van der Waals surface area (Å²) in [5.74, 6) is -0.804. The molecule has 2 aliphatic rings. The van der Waals surface area contributed by atoms with Crippen LogP contribution in [-0.2, 0) is 17.8 Å². The lowest BCUT2D eigenvalue weighted by Gasteiger charge is -2.32. The van der Waals surface area contributed by atoms with Crippen LogP contribution in [0, 0.1) is 18.7 Å². The van der Waals surface area contributed by atoms with Crippen LogP contribution >= 0.6 is 0 Å². The summed E-state index contributed by atoms with van der Waals surface area (Å²) in [5.41, 5.74) is 5.17. The number of benzene rings is 3. The normalized spacial score (nSPS) is 19.9. The second-order valence-corrected chi connectivity index (χ2v) is 9.12. The molecule has 2 atom stereocenters. The lowest BCUT2D eigenvalue weighted by atomic mass is 9.87. The molecular formula is C28H27FN2O2. The van der Waals surface area contributed by atoms with Gasteiger partial charge >= 0.3 is 0 Å². The lowest BCUT2D eigenvalue weighted by Crippen LogP contribution is -2.42. The molecule has 0 radical (unpaired) electrons. The van der Waals surface area contributed by atoms with Crippen molar-refractivity contribution in [3.63, 3.8) is 0 Å². The first-order chi connectivity index (χ1) is 16.0. The number of likely N-dealkylation sites (tertiary alicyclic amines) is 1. The molecule has 2 heterocycles.